The van der Waals surface area contributed by atoms with E-state index in [1.54, 1.807) is 0 Å². The predicted octanol–water partition coefficient (Wildman–Crippen LogP) is 1.87. The third kappa shape index (κ3) is 0.444. The van der Waals surface area contributed by atoms with Gasteiger partial charge in [-0.2, -0.15) is 0 Å². The molecule has 1 aliphatic rings. The van der Waals surface area contributed by atoms with E-state index in [4.69, 9.17) is 0 Å². The minimum absolute atomic E-state index is 0.907. The van der Waals surface area contributed by atoms with Crippen LogP contribution in [0.3, 0.4) is 0 Å². The second-order valence-electron chi connectivity index (χ2n) is 2.31. The highest BCUT2D eigenvalue weighted by Gasteiger charge is 2.21. The minimum atomic E-state index is 0.907. The molecule has 0 saturated heterocycles. The van der Waals surface area contributed by atoms with Crippen LogP contribution < -0.4 is 0 Å². The van der Waals surface area contributed by atoms with Crippen molar-refractivity contribution in [2.75, 3.05) is 0 Å². The molecule has 0 aromatic heterocycles. The highest BCUT2D eigenvalue weighted by molar-refractivity contribution is 4.89. The SMILES string of the molecule is C[C@H]1[CH]C[C@@H]1C. The van der Waals surface area contributed by atoms with Crippen LogP contribution in [0.2, 0.25) is 0 Å². The molecule has 0 amide bonds. The first-order valence-electron chi connectivity index (χ1n) is 2.64. The van der Waals surface area contributed by atoms with Crippen molar-refractivity contribution in [2.24, 2.45) is 11.8 Å². The van der Waals surface area contributed by atoms with Crippen LogP contribution in [0.15, 0.2) is 0 Å². The summed E-state index contributed by atoms with van der Waals surface area (Å²) in [6.45, 7) is 4.57. The molecule has 1 aliphatic carbocycles. The van der Waals surface area contributed by atoms with Gasteiger partial charge in [0.05, 0.1) is 0 Å². The lowest BCUT2D eigenvalue weighted by Crippen LogP contribution is -2.19. The molecule has 0 nitrogen and oxygen atoms in total. The molecule has 0 aromatic carbocycles. The van der Waals surface area contributed by atoms with Gasteiger partial charge >= 0.3 is 0 Å². The van der Waals surface area contributed by atoms with E-state index in [0.29, 0.717) is 0 Å². The summed E-state index contributed by atoms with van der Waals surface area (Å²) < 4.78 is 0. The van der Waals surface area contributed by atoms with Gasteiger partial charge in [-0.15, -0.1) is 0 Å². The van der Waals surface area contributed by atoms with E-state index in [1.165, 1.54) is 6.42 Å². The van der Waals surface area contributed by atoms with E-state index in [1.807, 2.05) is 0 Å². The van der Waals surface area contributed by atoms with Gasteiger partial charge in [0.2, 0.25) is 0 Å². The zero-order chi connectivity index (χ0) is 4.57. The molecule has 1 saturated carbocycles. The first-order valence-corrected chi connectivity index (χ1v) is 2.64. The van der Waals surface area contributed by atoms with Crippen molar-refractivity contribution < 1.29 is 0 Å². The van der Waals surface area contributed by atoms with Gasteiger partial charge in [-0.25, -0.2) is 0 Å². The van der Waals surface area contributed by atoms with Crippen LogP contribution in [0.4, 0.5) is 0 Å². The Kier molecular flexibility index (Phi) is 0.868. The molecule has 0 N–H and O–H groups in total. The van der Waals surface area contributed by atoms with Gasteiger partial charge < -0.3 is 0 Å². The molecular formula is C6H11. The van der Waals surface area contributed by atoms with Crippen molar-refractivity contribution in [3.05, 3.63) is 6.42 Å². The van der Waals surface area contributed by atoms with Crippen LogP contribution >= 0.6 is 0 Å². The highest BCUT2D eigenvalue weighted by atomic mass is 14.3. The summed E-state index contributed by atoms with van der Waals surface area (Å²) in [5, 5.41) is 0. The van der Waals surface area contributed by atoms with Crippen molar-refractivity contribution in [3.63, 3.8) is 0 Å². The number of hydrogen-bond donors (Lipinski definition) is 0. The fourth-order valence-electron chi connectivity index (χ4n) is 0.680. The molecular weight excluding hydrogens is 72.1 g/mol. The first-order chi connectivity index (χ1) is 2.80. The molecule has 0 spiro atoms. The smallest absolute Gasteiger partial charge is 0.0352 e. The fourth-order valence-corrected chi connectivity index (χ4v) is 0.680. The lowest BCUT2D eigenvalue weighted by atomic mass is 9.77. The highest BCUT2D eigenvalue weighted by Crippen LogP contribution is 2.31. The molecule has 0 aromatic rings. The van der Waals surface area contributed by atoms with Gasteiger partial charge in [-0.3, -0.25) is 0 Å². The van der Waals surface area contributed by atoms with Gasteiger partial charge in [0.1, 0.15) is 0 Å². The van der Waals surface area contributed by atoms with Crippen molar-refractivity contribution in [2.45, 2.75) is 20.3 Å². The second kappa shape index (κ2) is 1.25. The topological polar surface area (TPSA) is 0 Å². The molecule has 0 aliphatic heterocycles. The van der Waals surface area contributed by atoms with E-state index < -0.39 is 0 Å². The predicted molar refractivity (Wildman–Crippen MR) is 27.2 cm³/mol. The maximum absolute atomic E-state index is 2.37. The van der Waals surface area contributed by atoms with Crippen LogP contribution in [0.25, 0.3) is 0 Å². The third-order valence-electron chi connectivity index (χ3n) is 1.78. The summed E-state index contributed by atoms with van der Waals surface area (Å²) >= 11 is 0. The monoisotopic (exact) mass is 83.1 g/mol. The summed E-state index contributed by atoms with van der Waals surface area (Å²) in [6, 6.07) is 0. The maximum Gasteiger partial charge on any atom is -0.0352 e. The van der Waals surface area contributed by atoms with E-state index >= 15 is 0 Å². The lowest BCUT2D eigenvalue weighted by Gasteiger charge is -2.29. The molecule has 35 valence electrons. The van der Waals surface area contributed by atoms with E-state index in [2.05, 4.69) is 20.3 Å². The van der Waals surface area contributed by atoms with Gasteiger partial charge in [0.25, 0.3) is 0 Å². The van der Waals surface area contributed by atoms with Crippen molar-refractivity contribution in [1.29, 1.82) is 0 Å². The average molecular weight is 83.2 g/mol. The van der Waals surface area contributed by atoms with Crippen LogP contribution in [-0.4, -0.2) is 0 Å². The minimum Gasteiger partial charge on any atom is -0.0622 e. The normalized spacial score (nSPS) is 45.0. The quantitative estimate of drug-likeness (QED) is 0.419. The number of hydrogen-bond acceptors (Lipinski definition) is 0. The van der Waals surface area contributed by atoms with Crippen molar-refractivity contribution in [1.82, 2.24) is 0 Å². The molecule has 6 heavy (non-hydrogen) atoms. The fraction of sp³-hybridized carbons (Fsp3) is 0.833. The lowest BCUT2D eigenvalue weighted by molar-refractivity contribution is 0.317. The third-order valence-corrected chi connectivity index (χ3v) is 1.78. The first kappa shape index (κ1) is 4.17. The number of rotatable bonds is 0. The molecule has 1 rings (SSSR count). The molecule has 1 radical (unpaired) electrons. The summed E-state index contributed by atoms with van der Waals surface area (Å²) in [5.41, 5.74) is 0. The van der Waals surface area contributed by atoms with Gasteiger partial charge in [-0.05, 0) is 24.7 Å². The summed E-state index contributed by atoms with van der Waals surface area (Å²) in [5.74, 6) is 1.88. The van der Waals surface area contributed by atoms with Crippen LogP contribution in [0, 0.1) is 18.3 Å². The zero-order valence-corrected chi connectivity index (χ0v) is 4.44. The Morgan fingerprint density at radius 3 is 2.00 bits per heavy atom. The van der Waals surface area contributed by atoms with Gasteiger partial charge in [-0.1, -0.05) is 13.8 Å². The molecule has 0 unspecified atom stereocenters. The molecule has 1 fully saturated rings. The summed E-state index contributed by atoms with van der Waals surface area (Å²) in [6.07, 6.45) is 3.71. The standard InChI is InChI=1S/C6H11/c1-5-3-4-6(5)2/h3,5-6H,4H2,1-2H3/t5-,6-/m0/s1. The Morgan fingerprint density at radius 2 is 2.00 bits per heavy atom. The van der Waals surface area contributed by atoms with Crippen LogP contribution in [-0.2, 0) is 0 Å². The Bertz CT molecular complexity index is 40.0. The molecule has 0 heteroatoms. The molecule has 2 atom stereocenters. The summed E-state index contributed by atoms with van der Waals surface area (Å²) in [7, 11) is 0. The zero-order valence-electron chi connectivity index (χ0n) is 4.44. The Morgan fingerprint density at radius 1 is 1.50 bits per heavy atom. The maximum atomic E-state index is 2.37. The van der Waals surface area contributed by atoms with Gasteiger partial charge in [0, 0.05) is 0 Å². The Hall–Kier alpha value is 0. The average Bonchev–Trinajstić information content (AvgIpc) is 1.61. The Balaban J connectivity index is 2.20. The van der Waals surface area contributed by atoms with E-state index in [-0.39, 0.29) is 0 Å². The largest absolute Gasteiger partial charge is 0.0622 e. The second-order valence-corrected chi connectivity index (χ2v) is 2.31. The van der Waals surface area contributed by atoms with Crippen LogP contribution in [0.1, 0.15) is 20.3 Å². The van der Waals surface area contributed by atoms with E-state index in [9.17, 15) is 0 Å². The summed E-state index contributed by atoms with van der Waals surface area (Å²) in [4.78, 5) is 0. The molecule has 0 bridgehead atoms. The van der Waals surface area contributed by atoms with Crippen molar-refractivity contribution >= 4 is 0 Å². The van der Waals surface area contributed by atoms with Crippen molar-refractivity contribution in [3.8, 4) is 0 Å². The van der Waals surface area contributed by atoms with Gasteiger partial charge in [0.15, 0.2) is 0 Å². The van der Waals surface area contributed by atoms with E-state index in [0.717, 1.165) is 11.8 Å². The van der Waals surface area contributed by atoms with Crippen LogP contribution in [0.5, 0.6) is 0 Å². The molecule has 0 heterocycles. The Labute approximate surface area is 39.6 Å².